The lowest BCUT2D eigenvalue weighted by atomic mass is 9.96. The zero-order valence-corrected chi connectivity index (χ0v) is 15.5. The van der Waals surface area contributed by atoms with Gasteiger partial charge in [0.15, 0.2) is 5.69 Å². The fourth-order valence-electron chi connectivity index (χ4n) is 3.35. The van der Waals surface area contributed by atoms with Gasteiger partial charge in [-0.15, -0.1) is 5.10 Å². The number of hydrogen-bond donors (Lipinski definition) is 1. The van der Waals surface area contributed by atoms with E-state index in [0.29, 0.717) is 36.6 Å². The third-order valence-corrected chi connectivity index (χ3v) is 4.80. The van der Waals surface area contributed by atoms with Crippen molar-refractivity contribution in [2.24, 2.45) is 7.05 Å². The Kier molecular flexibility index (Phi) is 4.69. The minimum atomic E-state index is -4.47. The Bertz CT molecular complexity index is 989. The molecule has 3 aromatic rings. The number of alkyl halides is 3. The van der Waals surface area contributed by atoms with Crippen LogP contribution in [0.25, 0.3) is 5.78 Å². The number of nitrogens with zero attached hydrogens (tertiary/aromatic N) is 6. The van der Waals surface area contributed by atoms with E-state index in [-0.39, 0.29) is 6.54 Å². The van der Waals surface area contributed by atoms with E-state index in [4.69, 9.17) is 4.74 Å². The molecule has 0 spiro atoms. The smallest absolute Gasteiger partial charge is 0.381 e. The van der Waals surface area contributed by atoms with Gasteiger partial charge >= 0.3 is 6.18 Å². The van der Waals surface area contributed by atoms with Crippen molar-refractivity contribution in [2.45, 2.75) is 38.4 Å². The fourth-order valence-corrected chi connectivity index (χ4v) is 3.35. The summed E-state index contributed by atoms with van der Waals surface area (Å²) in [7, 11) is 1.47. The average molecular weight is 395 g/mol. The van der Waals surface area contributed by atoms with Crippen LogP contribution >= 0.6 is 0 Å². The molecule has 150 valence electrons. The van der Waals surface area contributed by atoms with Crippen LogP contribution < -0.4 is 5.32 Å². The molecular formula is C17H20F3N7O. The van der Waals surface area contributed by atoms with Crippen LogP contribution in [0.1, 0.15) is 41.5 Å². The molecule has 1 aliphatic rings. The second-order valence-electron chi connectivity index (χ2n) is 6.85. The van der Waals surface area contributed by atoms with Crippen molar-refractivity contribution in [1.29, 1.82) is 0 Å². The molecule has 4 heterocycles. The van der Waals surface area contributed by atoms with Gasteiger partial charge in [-0.05, 0) is 31.9 Å². The molecule has 0 radical (unpaired) electrons. The lowest BCUT2D eigenvalue weighted by Crippen LogP contribution is -2.17. The minimum Gasteiger partial charge on any atom is -0.381 e. The number of fused-ring (bicyclic) bond motifs is 1. The molecule has 1 saturated heterocycles. The van der Waals surface area contributed by atoms with Gasteiger partial charge in [0.05, 0.1) is 17.9 Å². The van der Waals surface area contributed by atoms with Crippen LogP contribution in [0, 0.1) is 6.92 Å². The van der Waals surface area contributed by atoms with E-state index in [1.54, 1.807) is 4.52 Å². The van der Waals surface area contributed by atoms with Crippen LogP contribution in [0.4, 0.5) is 19.1 Å². The first-order valence-electron chi connectivity index (χ1n) is 8.97. The van der Waals surface area contributed by atoms with Crippen LogP contribution in [-0.2, 0) is 24.5 Å². The van der Waals surface area contributed by atoms with Crippen molar-refractivity contribution in [3.8, 4) is 0 Å². The normalized spacial score (nSPS) is 16.0. The molecule has 28 heavy (non-hydrogen) atoms. The first kappa shape index (κ1) is 18.7. The van der Waals surface area contributed by atoms with E-state index in [1.165, 1.54) is 11.7 Å². The summed E-state index contributed by atoms with van der Waals surface area (Å²) in [6.45, 7) is 3.42. The van der Waals surface area contributed by atoms with Crippen LogP contribution in [0.5, 0.6) is 0 Å². The second-order valence-corrected chi connectivity index (χ2v) is 6.85. The quantitative estimate of drug-likeness (QED) is 0.732. The topological polar surface area (TPSA) is 82.2 Å². The molecular weight excluding hydrogens is 375 g/mol. The molecule has 0 unspecified atom stereocenters. The Labute approximate surface area is 158 Å². The van der Waals surface area contributed by atoms with E-state index in [2.05, 4.69) is 25.5 Å². The Morgan fingerprint density at radius 2 is 1.93 bits per heavy atom. The summed E-state index contributed by atoms with van der Waals surface area (Å²) in [5.41, 5.74) is 1.31. The standard InChI is InChI=1S/C17H20F3N7O/c1-10-7-13(11-3-5-28-6-4-11)27-16(22-10)23-15(25-27)21-9-12-8-14(17(18,19)20)24-26(12)2/h7-8,11H,3-6,9H2,1-2H3,(H,21,25). The second kappa shape index (κ2) is 7.04. The van der Waals surface area contributed by atoms with Crippen molar-refractivity contribution in [2.75, 3.05) is 18.5 Å². The highest BCUT2D eigenvalue weighted by atomic mass is 19.4. The number of nitrogens with one attached hydrogen (secondary N) is 1. The predicted octanol–water partition coefficient (Wildman–Crippen LogP) is 2.69. The molecule has 1 fully saturated rings. The molecule has 8 nitrogen and oxygen atoms in total. The highest BCUT2D eigenvalue weighted by molar-refractivity contribution is 5.40. The summed E-state index contributed by atoms with van der Waals surface area (Å²) in [4.78, 5) is 8.79. The molecule has 0 aliphatic carbocycles. The van der Waals surface area contributed by atoms with Gasteiger partial charge in [-0.2, -0.15) is 27.8 Å². The largest absolute Gasteiger partial charge is 0.435 e. The fraction of sp³-hybridized carbons (Fsp3) is 0.529. The van der Waals surface area contributed by atoms with Crippen molar-refractivity contribution >= 4 is 11.7 Å². The molecule has 0 saturated carbocycles. The number of anilines is 1. The Morgan fingerprint density at radius 1 is 1.18 bits per heavy atom. The maximum absolute atomic E-state index is 12.8. The lowest BCUT2D eigenvalue weighted by molar-refractivity contribution is -0.141. The minimum absolute atomic E-state index is 0.113. The first-order valence-corrected chi connectivity index (χ1v) is 8.97. The van der Waals surface area contributed by atoms with Gasteiger partial charge in [0.2, 0.25) is 5.95 Å². The maximum Gasteiger partial charge on any atom is 0.435 e. The van der Waals surface area contributed by atoms with Crippen LogP contribution in [0.15, 0.2) is 12.1 Å². The Hall–Kier alpha value is -2.69. The molecule has 0 atom stereocenters. The number of halogens is 3. The summed E-state index contributed by atoms with van der Waals surface area (Å²) >= 11 is 0. The number of rotatable bonds is 4. The molecule has 4 rings (SSSR count). The molecule has 0 amide bonds. The van der Waals surface area contributed by atoms with Crippen molar-refractivity contribution < 1.29 is 17.9 Å². The van der Waals surface area contributed by atoms with Gasteiger partial charge in [-0.25, -0.2) is 4.98 Å². The van der Waals surface area contributed by atoms with Crippen molar-refractivity contribution in [3.05, 3.63) is 34.9 Å². The highest BCUT2D eigenvalue weighted by Gasteiger charge is 2.34. The lowest BCUT2D eigenvalue weighted by Gasteiger charge is -2.22. The van der Waals surface area contributed by atoms with Crippen LogP contribution in [0.3, 0.4) is 0 Å². The van der Waals surface area contributed by atoms with E-state index >= 15 is 0 Å². The van der Waals surface area contributed by atoms with Crippen molar-refractivity contribution in [3.63, 3.8) is 0 Å². The molecule has 1 N–H and O–H groups in total. The Balaban J connectivity index is 1.58. The van der Waals surface area contributed by atoms with Gasteiger partial charge < -0.3 is 10.1 Å². The van der Waals surface area contributed by atoms with Gasteiger partial charge in [-0.1, -0.05) is 0 Å². The van der Waals surface area contributed by atoms with E-state index in [0.717, 1.165) is 30.3 Å². The summed E-state index contributed by atoms with van der Waals surface area (Å²) in [5, 5.41) is 10.9. The Morgan fingerprint density at radius 3 is 2.61 bits per heavy atom. The highest BCUT2D eigenvalue weighted by Crippen LogP contribution is 2.29. The zero-order valence-electron chi connectivity index (χ0n) is 15.5. The molecule has 3 aromatic heterocycles. The van der Waals surface area contributed by atoms with Gasteiger partial charge in [-0.3, -0.25) is 4.68 Å². The number of ether oxygens (including phenoxy) is 1. The van der Waals surface area contributed by atoms with Gasteiger partial charge in [0.1, 0.15) is 0 Å². The van der Waals surface area contributed by atoms with Crippen LogP contribution in [-0.4, -0.2) is 42.6 Å². The van der Waals surface area contributed by atoms with Crippen molar-refractivity contribution in [1.82, 2.24) is 29.4 Å². The summed E-state index contributed by atoms with van der Waals surface area (Å²) in [6.07, 6.45) is -2.68. The molecule has 0 bridgehead atoms. The van der Waals surface area contributed by atoms with Gasteiger partial charge in [0.25, 0.3) is 5.78 Å². The summed E-state index contributed by atoms with van der Waals surface area (Å²) in [6, 6.07) is 3.01. The third-order valence-electron chi connectivity index (χ3n) is 4.80. The zero-order chi connectivity index (χ0) is 19.9. The predicted molar refractivity (Wildman–Crippen MR) is 93.8 cm³/mol. The van der Waals surface area contributed by atoms with E-state index < -0.39 is 11.9 Å². The molecule has 0 aromatic carbocycles. The number of aromatic nitrogens is 6. The van der Waals surface area contributed by atoms with E-state index in [1.807, 2.05) is 13.0 Å². The maximum atomic E-state index is 12.8. The average Bonchev–Trinajstić information content (AvgIpc) is 3.22. The molecule has 1 aliphatic heterocycles. The molecule has 11 heteroatoms. The third kappa shape index (κ3) is 3.66. The number of hydrogen-bond acceptors (Lipinski definition) is 6. The summed E-state index contributed by atoms with van der Waals surface area (Å²) in [5.74, 6) is 1.07. The SMILES string of the molecule is Cc1cc(C2CCOCC2)n2nc(NCc3cc(C(F)(F)F)nn3C)nc2n1. The van der Waals surface area contributed by atoms with E-state index in [9.17, 15) is 13.2 Å². The van der Waals surface area contributed by atoms with Crippen LogP contribution in [0.2, 0.25) is 0 Å². The number of aryl methyl sites for hydroxylation is 2. The first-order chi connectivity index (χ1) is 13.3. The van der Waals surface area contributed by atoms with Gasteiger partial charge in [0, 0.05) is 31.9 Å². The monoisotopic (exact) mass is 395 g/mol. The summed E-state index contributed by atoms with van der Waals surface area (Å²) < 4.78 is 46.7.